The van der Waals surface area contributed by atoms with E-state index in [-0.39, 0.29) is 0 Å². The Kier molecular flexibility index (Phi) is 4.73. The lowest BCUT2D eigenvalue weighted by molar-refractivity contribution is 0.215. The molecule has 0 radical (unpaired) electrons. The molecule has 3 nitrogen and oxygen atoms in total. The molecule has 112 valence electrons. The van der Waals surface area contributed by atoms with Crippen LogP contribution in [0.1, 0.15) is 22.3 Å². The lowest BCUT2D eigenvalue weighted by atomic mass is 10.1. The van der Waals surface area contributed by atoms with Crippen molar-refractivity contribution in [1.29, 1.82) is 0 Å². The van der Waals surface area contributed by atoms with E-state index in [1.54, 1.807) is 0 Å². The van der Waals surface area contributed by atoms with Gasteiger partial charge in [0.2, 0.25) is 0 Å². The lowest BCUT2D eigenvalue weighted by Gasteiger charge is -2.14. The average molecular weight is 285 g/mol. The number of nitrogens with two attached hydrogens (primary N) is 1. The predicted octanol–water partition coefficient (Wildman–Crippen LogP) is 3.96. The van der Waals surface area contributed by atoms with E-state index < -0.39 is 0 Å². The second-order valence-corrected chi connectivity index (χ2v) is 5.44. The van der Waals surface area contributed by atoms with Crippen molar-refractivity contribution in [2.75, 3.05) is 18.9 Å². The molecule has 0 atom stereocenters. The maximum absolute atomic E-state index is 5.86. The van der Waals surface area contributed by atoms with E-state index in [1.807, 2.05) is 25.1 Å². The van der Waals surface area contributed by atoms with Gasteiger partial charge in [0.25, 0.3) is 0 Å². The number of rotatable bonds is 5. The summed E-state index contributed by atoms with van der Waals surface area (Å²) in [6.07, 6.45) is 0. The summed E-state index contributed by atoms with van der Waals surface area (Å²) in [5, 5.41) is 0. The van der Waals surface area contributed by atoms with Crippen LogP contribution in [0.15, 0.2) is 30.3 Å². The minimum Gasteiger partial charge on any atom is -0.490 e. The van der Waals surface area contributed by atoms with Crippen LogP contribution < -0.4 is 15.2 Å². The third-order valence-electron chi connectivity index (χ3n) is 3.45. The summed E-state index contributed by atoms with van der Waals surface area (Å²) >= 11 is 0. The molecule has 0 bridgehead atoms. The minimum atomic E-state index is 0.495. The molecule has 2 N–H and O–H groups in total. The molecular formula is C18H23NO2. The monoisotopic (exact) mass is 285 g/mol. The Labute approximate surface area is 126 Å². The highest BCUT2D eigenvalue weighted by Gasteiger charge is 2.05. The molecule has 0 aliphatic rings. The van der Waals surface area contributed by atoms with Crippen molar-refractivity contribution in [3.05, 3.63) is 52.6 Å². The average Bonchev–Trinajstić information content (AvgIpc) is 2.40. The molecule has 3 heteroatoms. The van der Waals surface area contributed by atoms with Crippen molar-refractivity contribution in [3.63, 3.8) is 0 Å². The summed E-state index contributed by atoms with van der Waals surface area (Å²) in [6.45, 7) is 9.21. The third-order valence-corrected chi connectivity index (χ3v) is 3.45. The maximum atomic E-state index is 5.86. The first-order valence-electron chi connectivity index (χ1n) is 7.17. The molecule has 0 fully saturated rings. The zero-order chi connectivity index (χ0) is 15.4. The van der Waals surface area contributed by atoms with Crippen LogP contribution in [0, 0.1) is 27.7 Å². The first-order valence-corrected chi connectivity index (χ1v) is 7.17. The SMILES string of the molecule is Cc1cc(C)c(OCCOc2ccc(C)c(N)c2)c(C)c1. The molecule has 0 saturated carbocycles. The summed E-state index contributed by atoms with van der Waals surface area (Å²) in [5.41, 5.74) is 11.2. The van der Waals surface area contributed by atoms with Gasteiger partial charge in [0.05, 0.1) is 0 Å². The van der Waals surface area contributed by atoms with Crippen LogP contribution in [0.5, 0.6) is 11.5 Å². The summed E-state index contributed by atoms with van der Waals surface area (Å²) in [4.78, 5) is 0. The van der Waals surface area contributed by atoms with Crippen LogP contribution in [0.3, 0.4) is 0 Å². The fraction of sp³-hybridized carbons (Fsp3) is 0.333. The second kappa shape index (κ2) is 6.53. The summed E-state index contributed by atoms with van der Waals surface area (Å²) < 4.78 is 11.5. The van der Waals surface area contributed by atoms with Crippen molar-refractivity contribution in [3.8, 4) is 11.5 Å². The number of aryl methyl sites for hydroxylation is 4. The number of hydrogen-bond donors (Lipinski definition) is 1. The Bertz CT molecular complexity index is 612. The number of anilines is 1. The van der Waals surface area contributed by atoms with Gasteiger partial charge in [-0.1, -0.05) is 23.8 Å². The summed E-state index contributed by atoms with van der Waals surface area (Å²) in [6, 6.07) is 9.99. The molecule has 0 saturated heterocycles. The standard InChI is InChI=1S/C18H23NO2/c1-12-9-14(3)18(15(4)10-12)21-8-7-20-16-6-5-13(2)17(19)11-16/h5-6,9-11H,7-8,19H2,1-4H3. The van der Waals surface area contributed by atoms with Crippen LogP contribution in [0.4, 0.5) is 5.69 Å². The number of nitrogen functional groups attached to an aromatic ring is 1. The molecule has 2 aromatic rings. The van der Waals surface area contributed by atoms with Crippen molar-refractivity contribution in [2.45, 2.75) is 27.7 Å². The van der Waals surface area contributed by atoms with Gasteiger partial charge in [-0.05, 0) is 50.5 Å². The van der Waals surface area contributed by atoms with E-state index in [1.165, 1.54) is 5.56 Å². The highest BCUT2D eigenvalue weighted by Crippen LogP contribution is 2.24. The van der Waals surface area contributed by atoms with Gasteiger partial charge in [0.1, 0.15) is 24.7 Å². The van der Waals surface area contributed by atoms with E-state index in [2.05, 4.69) is 32.9 Å². The quantitative estimate of drug-likeness (QED) is 0.668. The van der Waals surface area contributed by atoms with Crippen LogP contribution in [-0.4, -0.2) is 13.2 Å². The van der Waals surface area contributed by atoms with Crippen molar-refractivity contribution in [2.24, 2.45) is 0 Å². The van der Waals surface area contributed by atoms with Crippen LogP contribution in [0.25, 0.3) is 0 Å². The van der Waals surface area contributed by atoms with Gasteiger partial charge >= 0.3 is 0 Å². The Morgan fingerprint density at radius 3 is 2.05 bits per heavy atom. The Hall–Kier alpha value is -2.16. The van der Waals surface area contributed by atoms with E-state index in [0.717, 1.165) is 33.9 Å². The summed E-state index contributed by atoms with van der Waals surface area (Å²) in [5.74, 6) is 1.73. The lowest BCUT2D eigenvalue weighted by Crippen LogP contribution is -2.10. The highest BCUT2D eigenvalue weighted by molar-refractivity contribution is 5.50. The van der Waals surface area contributed by atoms with Gasteiger partial charge in [-0.25, -0.2) is 0 Å². The number of ether oxygens (including phenoxy) is 2. The molecular weight excluding hydrogens is 262 g/mol. The molecule has 0 aliphatic heterocycles. The van der Waals surface area contributed by atoms with Crippen LogP contribution >= 0.6 is 0 Å². The maximum Gasteiger partial charge on any atom is 0.125 e. The first-order chi connectivity index (χ1) is 9.97. The second-order valence-electron chi connectivity index (χ2n) is 5.44. The molecule has 0 aromatic heterocycles. The smallest absolute Gasteiger partial charge is 0.125 e. The Balaban J connectivity index is 1.89. The molecule has 0 amide bonds. The fourth-order valence-corrected chi connectivity index (χ4v) is 2.41. The topological polar surface area (TPSA) is 44.5 Å². The van der Waals surface area contributed by atoms with E-state index in [4.69, 9.17) is 15.2 Å². The third kappa shape index (κ3) is 3.91. The zero-order valence-electron chi connectivity index (χ0n) is 13.2. The van der Waals surface area contributed by atoms with Gasteiger partial charge in [-0.15, -0.1) is 0 Å². The van der Waals surface area contributed by atoms with Crippen molar-refractivity contribution >= 4 is 5.69 Å². The normalized spacial score (nSPS) is 10.5. The van der Waals surface area contributed by atoms with Gasteiger partial charge < -0.3 is 15.2 Å². The molecule has 0 heterocycles. The van der Waals surface area contributed by atoms with E-state index in [0.29, 0.717) is 13.2 Å². The van der Waals surface area contributed by atoms with Gasteiger partial charge in [-0.3, -0.25) is 0 Å². The predicted molar refractivity (Wildman–Crippen MR) is 87.2 cm³/mol. The van der Waals surface area contributed by atoms with E-state index >= 15 is 0 Å². The zero-order valence-corrected chi connectivity index (χ0v) is 13.2. The molecule has 0 spiro atoms. The van der Waals surface area contributed by atoms with Crippen LogP contribution in [0.2, 0.25) is 0 Å². The van der Waals surface area contributed by atoms with Gasteiger partial charge in [-0.2, -0.15) is 0 Å². The molecule has 2 rings (SSSR count). The van der Waals surface area contributed by atoms with Crippen LogP contribution in [-0.2, 0) is 0 Å². The van der Waals surface area contributed by atoms with Crippen molar-refractivity contribution < 1.29 is 9.47 Å². The molecule has 21 heavy (non-hydrogen) atoms. The molecule has 0 aliphatic carbocycles. The first kappa shape index (κ1) is 15.2. The Morgan fingerprint density at radius 1 is 0.810 bits per heavy atom. The van der Waals surface area contributed by atoms with Crippen molar-refractivity contribution in [1.82, 2.24) is 0 Å². The number of hydrogen-bond acceptors (Lipinski definition) is 3. The van der Waals surface area contributed by atoms with Gasteiger partial charge in [0, 0.05) is 11.8 Å². The molecule has 2 aromatic carbocycles. The number of benzene rings is 2. The van der Waals surface area contributed by atoms with Gasteiger partial charge in [0.15, 0.2) is 0 Å². The summed E-state index contributed by atoms with van der Waals surface area (Å²) in [7, 11) is 0. The largest absolute Gasteiger partial charge is 0.490 e. The minimum absolute atomic E-state index is 0.495. The fourth-order valence-electron chi connectivity index (χ4n) is 2.41. The highest BCUT2D eigenvalue weighted by atomic mass is 16.5. The Morgan fingerprint density at radius 2 is 1.43 bits per heavy atom. The molecule has 0 unspecified atom stereocenters. The van der Waals surface area contributed by atoms with E-state index in [9.17, 15) is 0 Å².